The first-order chi connectivity index (χ1) is 6.57. The van der Waals surface area contributed by atoms with Crippen molar-refractivity contribution < 1.29 is 4.74 Å². The van der Waals surface area contributed by atoms with Gasteiger partial charge in [-0.2, -0.15) is 0 Å². The summed E-state index contributed by atoms with van der Waals surface area (Å²) in [6.07, 6.45) is 0. The summed E-state index contributed by atoms with van der Waals surface area (Å²) in [5, 5.41) is 0. The predicted molar refractivity (Wildman–Crippen MR) is 59.7 cm³/mol. The van der Waals surface area contributed by atoms with Crippen molar-refractivity contribution >= 4 is 0 Å². The molecule has 1 aromatic carbocycles. The Balaban J connectivity index is 3.22. The van der Waals surface area contributed by atoms with Gasteiger partial charge in [-0.25, -0.2) is 0 Å². The molecule has 1 aromatic rings. The second-order valence-electron chi connectivity index (χ2n) is 3.65. The zero-order valence-electron chi connectivity index (χ0n) is 9.42. The fourth-order valence-electron chi connectivity index (χ4n) is 1.51. The highest BCUT2D eigenvalue weighted by atomic mass is 16.5. The minimum Gasteiger partial charge on any atom is -0.493 e. The number of rotatable bonds is 3. The average molecular weight is 193 g/mol. The van der Waals surface area contributed by atoms with Gasteiger partial charge in [0.15, 0.2) is 0 Å². The smallest absolute Gasteiger partial charge is 0.127 e. The van der Waals surface area contributed by atoms with Crippen molar-refractivity contribution in [3.8, 4) is 5.75 Å². The van der Waals surface area contributed by atoms with E-state index in [0.717, 1.165) is 11.3 Å². The predicted octanol–water partition coefficient (Wildman–Crippen LogP) is 2.72. The molecule has 0 fully saturated rings. The third-order valence-corrected chi connectivity index (χ3v) is 2.49. The van der Waals surface area contributed by atoms with Crippen LogP contribution in [0.3, 0.4) is 0 Å². The maximum absolute atomic E-state index is 5.88. The largest absolute Gasteiger partial charge is 0.493 e. The number of ether oxygens (including phenoxy) is 1. The highest BCUT2D eigenvalue weighted by molar-refractivity contribution is 5.46. The Labute approximate surface area is 86.1 Å². The van der Waals surface area contributed by atoms with Gasteiger partial charge in [-0.3, -0.25) is 0 Å². The summed E-state index contributed by atoms with van der Waals surface area (Å²) in [6, 6.07) is 4.17. The van der Waals surface area contributed by atoms with Crippen LogP contribution in [0.25, 0.3) is 0 Å². The summed E-state index contributed by atoms with van der Waals surface area (Å²) in [5.41, 5.74) is 9.42. The topological polar surface area (TPSA) is 35.2 Å². The van der Waals surface area contributed by atoms with E-state index in [2.05, 4.69) is 26.0 Å². The maximum atomic E-state index is 5.88. The summed E-state index contributed by atoms with van der Waals surface area (Å²) in [4.78, 5) is 0. The molecular weight excluding hydrogens is 174 g/mol. The van der Waals surface area contributed by atoms with Gasteiger partial charge in [0, 0.05) is 11.6 Å². The molecule has 1 atom stereocenters. The Morgan fingerprint density at radius 2 is 2.00 bits per heavy atom. The van der Waals surface area contributed by atoms with Crippen LogP contribution in [0.4, 0.5) is 0 Å². The Hall–Kier alpha value is -1.02. The summed E-state index contributed by atoms with van der Waals surface area (Å²) in [5.74, 6) is 0.961. The van der Waals surface area contributed by atoms with Gasteiger partial charge in [-0.05, 0) is 38.8 Å². The van der Waals surface area contributed by atoms with Crippen molar-refractivity contribution in [3.05, 3.63) is 28.8 Å². The van der Waals surface area contributed by atoms with E-state index >= 15 is 0 Å². The molecule has 0 spiro atoms. The minimum absolute atomic E-state index is 0.0239. The number of benzene rings is 1. The summed E-state index contributed by atoms with van der Waals surface area (Å²) in [6.45, 7) is 8.82. The number of hydrogen-bond acceptors (Lipinski definition) is 2. The van der Waals surface area contributed by atoms with E-state index in [0.29, 0.717) is 6.61 Å². The van der Waals surface area contributed by atoms with E-state index in [1.807, 2.05) is 13.8 Å². The number of nitrogens with two attached hydrogens (primary N) is 1. The van der Waals surface area contributed by atoms with Gasteiger partial charge in [-0.15, -0.1) is 0 Å². The van der Waals surface area contributed by atoms with Crippen LogP contribution < -0.4 is 10.5 Å². The van der Waals surface area contributed by atoms with Crippen LogP contribution >= 0.6 is 0 Å². The molecule has 2 N–H and O–H groups in total. The average Bonchev–Trinajstić information content (AvgIpc) is 2.13. The molecule has 78 valence electrons. The van der Waals surface area contributed by atoms with Gasteiger partial charge in [0.05, 0.1) is 6.61 Å². The monoisotopic (exact) mass is 193 g/mol. The van der Waals surface area contributed by atoms with E-state index < -0.39 is 0 Å². The second-order valence-corrected chi connectivity index (χ2v) is 3.65. The first-order valence-corrected chi connectivity index (χ1v) is 5.06. The number of aryl methyl sites for hydroxylation is 1. The lowest BCUT2D eigenvalue weighted by molar-refractivity contribution is 0.332. The Kier molecular flexibility index (Phi) is 3.53. The second kappa shape index (κ2) is 4.47. The van der Waals surface area contributed by atoms with Gasteiger partial charge in [0.2, 0.25) is 0 Å². The van der Waals surface area contributed by atoms with Crippen molar-refractivity contribution in [2.24, 2.45) is 5.73 Å². The van der Waals surface area contributed by atoms with E-state index in [4.69, 9.17) is 10.5 Å². The van der Waals surface area contributed by atoms with Gasteiger partial charge >= 0.3 is 0 Å². The summed E-state index contributed by atoms with van der Waals surface area (Å²) >= 11 is 0. The van der Waals surface area contributed by atoms with Gasteiger partial charge in [0.25, 0.3) is 0 Å². The SMILES string of the molecule is CCOc1c(C(C)N)ccc(C)c1C. The molecule has 0 bridgehead atoms. The molecule has 0 aromatic heterocycles. The molecule has 0 heterocycles. The molecular formula is C12H19NO. The molecule has 14 heavy (non-hydrogen) atoms. The molecule has 0 saturated carbocycles. The van der Waals surface area contributed by atoms with Crippen LogP contribution in [0.15, 0.2) is 12.1 Å². The molecule has 0 saturated heterocycles. The van der Waals surface area contributed by atoms with Crippen molar-refractivity contribution in [1.29, 1.82) is 0 Å². The van der Waals surface area contributed by atoms with Gasteiger partial charge in [0.1, 0.15) is 5.75 Å². The quantitative estimate of drug-likeness (QED) is 0.801. The van der Waals surface area contributed by atoms with Crippen LogP contribution in [0, 0.1) is 13.8 Å². The Morgan fingerprint density at radius 1 is 1.36 bits per heavy atom. The molecule has 2 nitrogen and oxygen atoms in total. The lowest BCUT2D eigenvalue weighted by Gasteiger charge is -2.17. The van der Waals surface area contributed by atoms with Gasteiger partial charge in [-0.1, -0.05) is 12.1 Å². The third kappa shape index (κ3) is 2.07. The molecule has 1 rings (SSSR count). The minimum atomic E-state index is 0.0239. The Bertz CT molecular complexity index is 318. The summed E-state index contributed by atoms with van der Waals surface area (Å²) in [7, 11) is 0. The Morgan fingerprint density at radius 3 is 2.50 bits per heavy atom. The van der Waals surface area contributed by atoms with Crippen molar-refractivity contribution in [1.82, 2.24) is 0 Å². The zero-order valence-corrected chi connectivity index (χ0v) is 9.42. The lowest BCUT2D eigenvalue weighted by Crippen LogP contribution is -2.09. The fourth-order valence-corrected chi connectivity index (χ4v) is 1.51. The molecule has 0 aliphatic heterocycles. The van der Waals surface area contributed by atoms with E-state index in [9.17, 15) is 0 Å². The van der Waals surface area contributed by atoms with Crippen molar-refractivity contribution in [3.63, 3.8) is 0 Å². The van der Waals surface area contributed by atoms with Crippen LogP contribution in [-0.2, 0) is 0 Å². The summed E-state index contributed by atoms with van der Waals surface area (Å²) < 4.78 is 5.63. The molecule has 1 unspecified atom stereocenters. The first kappa shape index (κ1) is 11.1. The first-order valence-electron chi connectivity index (χ1n) is 5.06. The molecule has 2 heteroatoms. The third-order valence-electron chi connectivity index (χ3n) is 2.49. The van der Waals surface area contributed by atoms with Crippen LogP contribution in [0.1, 0.15) is 36.6 Å². The highest BCUT2D eigenvalue weighted by Crippen LogP contribution is 2.29. The van der Waals surface area contributed by atoms with Crippen molar-refractivity contribution in [2.75, 3.05) is 6.61 Å². The van der Waals surface area contributed by atoms with Crippen LogP contribution in [-0.4, -0.2) is 6.61 Å². The van der Waals surface area contributed by atoms with Crippen LogP contribution in [0.2, 0.25) is 0 Å². The number of hydrogen-bond donors (Lipinski definition) is 1. The molecule has 0 aliphatic rings. The molecule has 0 radical (unpaired) electrons. The van der Waals surface area contributed by atoms with Gasteiger partial charge < -0.3 is 10.5 Å². The fraction of sp³-hybridized carbons (Fsp3) is 0.500. The zero-order chi connectivity index (χ0) is 10.7. The van der Waals surface area contributed by atoms with E-state index in [1.54, 1.807) is 0 Å². The van der Waals surface area contributed by atoms with E-state index in [-0.39, 0.29) is 6.04 Å². The molecule has 0 aliphatic carbocycles. The van der Waals surface area contributed by atoms with E-state index in [1.165, 1.54) is 11.1 Å². The normalized spacial score (nSPS) is 12.6. The van der Waals surface area contributed by atoms with Crippen LogP contribution in [0.5, 0.6) is 5.75 Å². The molecule has 0 amide bonds. The lowest BCUT2D eigenvalue weighted by atomic mass is 10.0. The maximum Gasteiger partial charge on any atom is 0.127 e. The standard InChI is InChI=1S/C12H19NO/c1-5-14-12-9(3)8(2)6-7-11(12)10(4)13/h6-7,10H,5,13H2,1-4H3. The van der Waals surface area contributed by atoms with Crippen molar-refractivity contribution in [2.45, 2.75) is 33.7 Å². The highest BCUT2D eigenvalue weighted by Gasteiger charge is 2.11.